The molecule has 5 nitrogen and oxygen atoms in total. The Balaban J connectivity index is 2.20. The first-order chi connectivity index (χ1) is 11.2. The Morgan fingerprint density at radius 1 is 1.17 bits per heavy atom. The molecule has 0 unspecified atom stereocenters. The van der Waals surface area contributed by atoms with Gasteiger partial charge in [0.15, 0.2) is 0 Å². The maximum absolute atomic E-state index is 13.8. The van der Waals surface area contributed by atoms with Crippen LogP contribution in [-0.4, -0.2) is 6.03 Å². The number of carbonyl (C=O) groups is 1. The average Bonchev–Trinajstić information content (AvgIpc) is 2.50. The molecule has 0 saturated carbocycles. The van der Waals surface area contributed by atoms with Crippen LogP contribution >= 0.6 is 11.6 Å². The third-order valence-electron chi connectivity index (χ3n) is 2.81. The van der Waals surface area contributed by atoms with E-state index in [4.69, 9.17) is 22.2 Å². The van der Waals surface area contributed by atoms with Gasteiger partial charge in [-0.15, -0.1) is 0 Å². The molecule has 0 aliphatic rings. The van der Waals surface area contributed by atoms with Crippen LogP contribution in [0.25, 0.3) is 0 Å². The van der Waals surface area contributed by atoms with Crippen LogP contribution in [0.2, 0.25) is 5.02 Å². The number of hydrogen-bond donors (Lipinski definition) is 3. The normalized spacial score (nSPS) is 11.1. The molecule has 0 heterocycles. The van der Waals surface area contributed by atoms with Crippen LogP contribution in [-0.2, 0) is 6.18 Å². The zero-order valence-electron chi connectivity index (χ0n) is 11.7. The highest BCUT2D eigenvalue weighted by Gasteiger charge is 2.31. The summed E-state index contributed by atoms with van der Waals surface area (Å²) in [5.41, 5.74) is 0.668. The molecule has 0 atom stereocenters. The zero-order chi connectivity index (χ0) is 17.9. The number of hydrazine groups is 1. The molecule has 2 aromatic rings. The largest absolute Gasteiger partial charge is 0.456 e. The van der Waals surface area contributed by atoms with Gasteiger partial charge < -0.3 is 10.1 Å². The molecule has 2 aromatic carbocycles. The summed E-state index contributed by atoms with van der Waals surface area (Å²) >= 11 is 5.75. The van der Waals surface area contributed by atoms with E-state index in [0.717, 1.165) is 18.2 Å². The monoisotopic (exact) mass is 363 g/mol. The van der Waals surface area contributed by atoms with Gasteiger partial charge in [0.2, 0.25) is 0 Å². The smallest absolute Gasteiger partial charge is 0.416 e. The second-order valence-corrected chi connectivity index (χ2v) is 4.89. The number of hydrogen-bond acceptors (Lipinski definition) is 3. The molecule has 0 aliphatic carbocycles. The molecule has 4 N–H and O–H groups in total. The van der Waals surface area contributed by atoms with Gasteiger partial charge >= 0.3 is 12.2 Å². The van der Waals surface area contributed by atoms with Crippen molar-refractivity contribution in [2.24, 2.45) is 5.84 Å². The van der Waals surface area contributed by atoms with E-state index in [1.807, 2.05) is 0 Å². The van der Waals surface area contributed by atoms with Crippen LogP contribution in [0.1, 0.15) is 5.56 Å². The van der Waals surface area contributed by atoms with E-state index >= 15 is 0 Å². The lowest BCUT2D eigenvalue weighted by Gasteiger charge is -2.12. The van der Waals surface area contributed by atoms with E-state index in [2.05, 4.69) is 5.32 Å². The minimum atomic E-state index is -4.54. The molecule has 2 rings (SSSR count). The number of urea groups is 1. The summed E-state index contributed by atoms with van der Waals surface area (Å²) in [6.45, 7) is 0. The molecular weight excluding hydrogens is 354 g/mol. The van der Waals surface area contributed by atoms with Crippen LogP contribution < -0.4 is 21.3 Å². The summed E-state index contributed by atoms with van der Waals surface area (Å²) in [5, 5.41) is 1.85. The summed E-state index contributed by atoms with van der Waals surface area (Å²) in [5.74, 6) is 3.92. The maximum Gasteiger partial charge on any atom is 0.416 e. The number of halogens is 5. The van der Waals surface area contributed by atoms with Gasteiger partial charge in [-0.1, -0.05) is 11.6 Å². The van der Waals surface area contributed by atoms with Gasteiger partial charge in [-0.25, -0.2) is 15.0 Å². The molecule has 128 valence electrons. The van der Waals surface area contributed by atoms with Gasteiger partial charge in [-0.3, -0.25) is 5.43 Å². The summed E-state index contributed by atoms with van der Waals surface area (Å²) in [4.78, 5) is 11.0. The lowest BCUT2D eigenvalue weighted by atomic mass is 10.2. The molecule has 0 aliphatic heterocycles. The van der Waals surface area contributed by atoms with Crippen molar-refractivity contribution in [2.45, 2.75) is 6.18 Å². The minimum absolute atomic E-state index is 0.0205. The van der Waals surface area contributed by atoms with Crippen molar-refractivity contribution in [3.05, 3.63) is 52.8 Å². The van der Waals surface area contributed by atoms with E-state index in [1.54, 1.807) is 5.43 Å². The number of alkyl halides is 3. The van der Waals surface area contributed by atoms with Gasteiger partial charge in [0.05, 0.1) is 16.3 Å². The third-order valence-corrected chi connectivity index (χ3v) is 3.10. The second-order valence-electron chi connectivity index (χ2n) is 4.49. The van der Waals surface area contributed by atoms with Gasteiger partial charge in [0, 0.05) is 6.07 Å². The van der Waals surface area contributed by atoms with E-state index in [-0.39, 0.29) is 22.2 Å². The van der Waals surface area contributed by atoms with Gasteiger partial charge in [-0.2, -0.15) is 13.2 Å². The number of benzene rings is 2. The molecule has 24 heavy (non-hydrogen) atoms. The van der Waals surface area contributed by atoms with Crippen molar-refractivity contribution in [2.75, 3.05) is 5.32 Å². The first-order valence-electron chi connectivity index (χ1n) is 6.32. The Labute approximate surface area is 138 Å². The Morgan fingerprint density at radius 3 is 2.42 bits per heavy atom. The number of carbonyl (C=O) groups excluding carboxylic acids is 1. The lowest BCUT2D eigenvalue weighted by Crippen LogP contribution is -2.34. The first-order valence-corrected chi connectivity index (χ1v) is 6.70. The molecule has 0 fully saturated rings. The van der Waals surface area contributed by atoms with E-state index in [9.17, 15) is 22.4 Å². The van der Waals surface area contributed by atoms with E-state index < -0.39 is 23.6 Å². The standard InChI is InChI=1S/C14H10ClF4N3O2/c15-9-5-7(14(17,18)19)1-4-12(9)24-8-2-3-11(10(16)6-8)21-13(23)22-20/h1-6H,20H2,(H2,21,22,23). The molecule has 0 spiro atoms. The fourth-order valence-corrected chi connectivity index (χ4v) is 1.93. The number of ether oxygens (including phenoxy) is 1. The van der Waals surface area contributed by atoms with Crippen molar-refractivity contribution >= 4 is 23.3 Å². The third kappa shape index (κ3) is 4.27. The average molecular weight is 364 g/mol. The van der Waals surface area contributed by atoms with Gasteiger partial charge in [-0.05, 0) is 30.3 Å². The fraction of sp³-hybridized carbons (Fsp3) is 0.0714. The highest BCUT2D eigenvalue weighted by atomic mass is 35.5. The zero-order valence-corrected chi connectivity index (χ0v) is 12.5. The fourth-order valence-electron chi connectivity index (χ4n) is 1.71. The summed E-state index contributed by atoms with van der Waals surface area (Å²) in [7, 11) is 0. The van der Waals surface area contributed by atoms with Crippen LogP contribution in [0.4, 0.5) is 28.0 Å². The van der Waals surface area contributed by atoms with Gasteiger partial charge in [0.25, 0.3) is 0 Å². The highest BCUT2D eigenvalue weighted by molar-refractivity contribution is 6.32. The van der Waals surface area contributed by atoms with Crippen molar-refractivity contribution in [1.82, 2.24) is 5.43 Å². The number of rotatable bonds is 3. The van der Waals surface area contributed by atoms with Crippen LogP contribution in [0.5, 0.6) is 11.5 Å². The molecular formula is C14H10ClF4N3O2. The molecule has 0 aromatic heterocycles. The maximum atomic E-state index is 13.8. The predicted molar refractivity (Wildman–Crippen MR) is 79.3 cm³/mol. The first kappa shape index (κ1) is 17.8. The number of nitrogens with two attached hydrogens (primary N) is 1. The lowest BCUT2D eigenvalue weighted by molar-refractivity contribution is -0.137. The molecule has 0 radical (unpaired) electrons. The predicted octanol–water partition coefficient (Wildman–Crippen LogP) is 4.29. The quantitative estimate of drug-likeness (QED) is 0.329. The number of nitrogens with one attached hydrogen (secondary N) is 2. The Kier molecular flexibility index (Phi) is 5.15. The Bertz CT molecular complexity index is 768. The van der Waals surface area contributed by atoms with Crippen molar-refractivity contribution in [3.8, 4) is 11.5 Å². The van der Waals surface area contributed by atoms with Crippen molar-refractivity contribution < 1.29 is 27.1 Å². The van der Waals surface area contributed by atoms with Crippen molar-refractivity contribution in [1.29, 1.82) is 0 Å². The SMILES string of the molecule is NNC(=O)Nc1ccc(Oc2ccc(C(F)(F)F)cc2Cl)cc1F. The summed E-state index contributed by atoms with van der Waals surface area (Å²) in [6, 6.07) is 5.11. The topological polar surface area (TPSA) is 76.4 Å². The van der Waals surface area contributed by atoms with Crippen LogP contribution in [0.15, 0.2) is 36.4 Å². The van der Waals surface area contributed by atoms with E-state index in [1.165, 1.54) is 12.1 Å². The summed E-state index contributed by atoms with van der Waals surface area (Å²) < 4.78 is 56.8. The van der Waals surface area contributed by atoms with Gasteiger partial charge in [0.1, 0.15) is 17.3 Å². The van der Waals surface area contributed by atoms with Crippen molar-refractivity contribution in [3.63, 3.8) is 0 Å². The minimum Gasteiger partial charge on any atom is -0.456 e. The number of anilines is 1. The Hall–Kier alpha value is -2.52. The highest BCUT2D eigenvalue weighted by Crippen LogP contribution is 2.36. The van der Waals surface area contributed by atoms with Crippen LogP contribution in [0, 0.1) is 5.82 Å². The molecule has 10 heteroatoms. The second kappa shape index (κ2) is 6.93. The molecule has 0 saturated heterocycles. The Morgan fingerprint density at radius 2 is 1.88 bits per heavy atom. The van der Waals surface area contributed by atoms with Crippen LogP contribution in [0.3, 0.4) is 0 Å². The van der Waals surface area contributed by atoms with E-state index in [0.29, 0.717) is 6.07 Å². The number of amides is 2. The molecule has 2 amide bonds. The molecule has 0 bridgehead atoms. The summed E-state index contributed by atoms with van der Waals surface area (Å²) in [6.07, 6.45) is -4.54.